The molecular weight excluding hydrogens is 306 g/mol. The fraction of sp³-hybridized carbons (Fsp3) is 0.357. The first kappa shape index (κ1) is 14.5. The molecule has 0 aliphatic carbocycles. The molecule has 5 nitrogen and oxygen atoms in total. The third-order valence-electron chi connectivity index (χ3n) is 3.69. The van der Waals surface area contributed by atoms with E-state index >= 15 is 0 Å². The summed E-state index contributed by atoms with van der Waals surface area (Å²) in [5.74, 6) is 0.162. The smallest absolute Gasteiger partial charge is 0.275 e. The molecule has 0 saturated heterocycles. The van der Waals surface area contributed by atoms with Gasteiger partial charge in [-0.3, -0.25) is 4.31 Å². The van der Waals surface area contributed by atoms with Crippen LogP contribution in [0.2, 0.25) is 0 Å². The number of aromatic nitrogens is 1. The van der Waals surface area contributed by atoms with E-state index in [0.29, 0.717) is 17.3 Å². The second kappa shape index (κ2) is 5.40. The van der Waals surface area contributed by atoms with E-state index in [1.807, 2.05) is 24.3 Å². The molecule has 0 saturated carbocycles. The number of para-hydroxylation sites is 1. The van der Waals surface area contributed by atoms with Gasteiger partial charge in [0.25, 0.3) is 10.0 Å². The number of fused-ring (bicyclic) bond motifs is 1. The Bertz CT molecular complexity index is 755. The molecule has 1 aliphatic heterocycles. The zero-order chi connectivity index (χ0) is 15.0. The molecule has 1 aromatic heterocycles. The van der Waals surface area contributed by atoms with Crippen LogP contribution in [0.5, 0.6) is 0 Å². The fourth-order valence-electron chi connectivity index (χ4n) is 2.70. The van der Waals surface area contributed by atoms with Gasteiger partial charge in [-0.2, -0.15) is 0 Å². The van der Waals surface area contributed by atoms with Gasteiger partial charge in [-0.1, -0.05) is 18.2 Å². The molecule has 7 heteroatoms. The number of anilines is 1. The molecule has 3 rings (SSSR count). The van der Waals surface area contributed by atoms with E-state index < -0.39 is 10.0 Å². The molecule has 21 heavy (non-hydrogen) atoms. The van der Waals surface area contributed by atoms with Crippen LogP contribution < -0.4 is 10.0 Å². The van der Waals surface area contributed by atoms with Crippen molar-refractivity contribution in [2.45, 2.75) is 23.5 Å². The maximum Gasteiger partial charge on any atom is 0.275 e. The van der Waals surface area contributed by atoms with Crippen LogP contribution in [-0.4, -0.2) is 26.5 Å². The van der Waals surface area contributed by atoms with Crippen LogP contribution in [-0.2, 0) is 10.0 Å². The third kappa shape index (κ3) is 2.45. The average Bonchev–Trinajstić information content (AvgIpc) is 3.05. The van der Waals surface area contributed by atoms with E-state index in [2.05, 4.69) is 4.98 Å². The van der Waals surface area contributed by atoms with Crippen LogP contribution in [0.3, 0.4) is 0 Å². The standard InChI is InChI=1S/C14H17N3O2S2/c1-10-16-8-14(20-10)21(18,19)17-9-11(6-7-15)12-4-2-3-5-13(12)17/h2-5,8,11H,6-7,9,15H2,1H3. The molecule has 0 amide bonds. The van der Waals surface area contributed by atoms with Crippen LogP contribution in [0.25, 0.3) is 0 Å². The van der Waals surface area contributed by atoms with Crippen molar-refractivity contribution in [3.05, 3.63) is 41.0 Å². The van der Waals surface area contributed by atoms with Crippen molar-refractivity contribution >= 4 is 27.0 Å². The molecule has 1 aliphatic rings. The number of nitrogens with two attached hydrogens (primary N) is 1. The molecule has 1 aromatic carbocycles. The molecule has 0 bridgehead atoms. The SMILES string of the molecule is Cc1ncc(S(=O)(=O)N2CC(CCN)c3ccccc32)s1. The second-order valence-corrected chi connectivity index (χ2v) is 8.39. The van der Waals surface area contributed by atoms with Gasteiger partial charge in [-0.05, 0) is 31.5 Å². The molecule has 1 atom stereocenters. The summed E-state index contributed by atoms with van der Waals surface area (Å²) in [6.07, 6.45) is 2.22. The topological polar surface area (TPSA) is 76.3 Å². The summed E-state index contributed by atoms with van der Waals surface area (Å²) in [6, 6.07) is 7.65. The Kier molecular flexibility index (Phi) is 3.73. The Labute approximate surface area is 128 Å². The van der Waals surface area contributed by atoms with E-state index in [1.54, 1.807) is 6.92 Å². The predicted octanol–water partition coefficient (Wildman–Crippen LogP) is 2.09. The van der Waals surface area contributed by atoms with Crippen LogP contribution in [0.1, 0.15) is 22.9 Å². The van der Waals surface area contributed by atoms with Gasteiger partial charge in [0.05, 0.1) is 16.9 Å². The summed E-state index contributed by atoms with van der Waals surface area (Å²) in [4.78, 5) is 4.06. The first-order valence-corrected chi connectivity index (χ1v) is 9.04. The van der Waals surface area contributed by atoms with Crippen LogP contribution in [0.4, 0.5) is 5.69 Å². The highest BCUT2D eigenvalue weighted by molar-refractivity contribution is 7.94. The van der Waals surface area contributed by atoms with Gasteiger partial charge in [0.15, 0.2) is 4.21 Å². The van der Waals surface area contributed by atoms with Crippen LogP contribution >= 0.6 is 11.3 Å². The van der Waals surface area contributed by atoms with Crippen LogP contribution in [0.15, 0.2) is 34.7 Å². The number of aryl methyl sites for hydroxylation is 1. The minimum absolute atomic E-state index is 0.162. The Morgan fingerprint density at radius 2 is 2.19 bits per heavy atom. The molecule has 0 radical (unpaired) electrons. The van der Waals surface area contributed by atoms with E-state index in [9.17, 15) is 8.42 Å². The summed E-state index contributed by atoms with van der Waals surface area (Å²) in [7, 11) is -3.53. The summed E-state index contributed by atoms with van der Waals surface area (Å²) >= 11 is 1.21. The number of hydrogen-bond donors (Lipinski definition) is 1. The zero-order valence-electron chi connectivity index (χ0n) is 11.7. The summed E-state index contributed by atoms with van der Waals surface area (Å²) in [5.41, 5.74) is 7.49. The molecule has 2 aromatic rings. The fourth-order valence-corrected chi connectivity index (χ4v) is 5.46. The van der Waals surface area contributed by atoms with Crippen molar-refractivity contribution in [3.63, 3.8) is 0 Å². The van der Waals surface area contributed by atoms with Crippen molar-refractivity contribution in [3.8, 4) is 0 Å². The molecular formula is C14H17N3O2S2. The highest BCUT2D eigenvalue weighted by atomic mass is 32.2. The van der Waals surface area contributed by atoms with Gasteiger partial charge in [0.1, 0.15) is 0 Å². The highest BCUT2D eigenvalue weighted by Crippen LogP contribution is 2.41. The number of nitrogens with zero attached hydrogens (tertiary/aromatic N) is 2. The van der Waals surface area contributed by atoms with Gasteiger partial charge in [-0.15, -0.1) is 11.3 Å². The Hall–Kier alpha value is -1.44. The highest BCUT2D eigenvalue weighted by Gasteiger charge is 2.36. The van der Waals surface area contributed by atoms with Crippen molar-refractivity contribution in [2.24, 2.45) is 5.73 Å². The number of benzene rings is 1. The number of thiazole rings is 1. The van der Waals surface area contributed by atoms with Gasteiger partial charge in [-0.25, -0.2) is 13.4 Å². The minimum atomic E-state index is -3.53. The Morgan fingerprint density at radius 1 is 1.43 bits per heavy atom. The third-order valence-corrected chi connectivity index (χ3v) is 6.82. The van der Waals surface area contributed by atoms with Gasteiger partial charge >= 0.3 is 0 Å². The van der Waals surface area contributed by atoms with Crippen LogP contribution in [0, 0.1) is 6.92 Å². The Balaban J connectivity index is 2.04. The lowest BCUT2D eigenvalue weighted by molar-refractivity contribution is 0.588. The molecule has 1 unspecified atom stereocenters. The summed E-state index contributed by atoms with van der Waals surface area (Å²) < 4.78 is 27.4. The molecule has 0 spiro atoms. The second-order valence-electron chi connectivity index (χ2n) is 5.07. The lowest BCUT2D eigenvalue weighted by Gasteiger charge is -2.18. The van der Waals surface area contributed by atoms with Gasteiger partial charge < -0.3 is 5.73 Å². The van der Waals surface area contributed by atoms with E-state index in [1.165, 1.54) is 21.8 Å². The van der Waals surface area contributed by atoms with E-state index in [4.69, 9.17) is 5.73 Å². The zero-order valence-corrected chi connectivity index (χ0v) is 13.3. The number of sulfonamides is 1. The van der Waals surface area contributed by atoms with Gasteiger partial charge in [0, 0.05) is 12.5 Å². The summed E-state index contributed by atoms with van der Waals surface area (Å²) in [5, 5.41) is 0.750. The first-order chi connectivity index (χ1) is 10.0. The average molecular weight is 323 g/mol. The maximum absolute atomic E-state index is 12.8. The first-order valence-electron chi connectivity index (χ1n) is 6.78. The van der Waals surface area contributed by atoms with Gasteiger partial charge in [0.2, 0.25) is 0 Å². The van der Waals surface area contributed by atoms with Crippen molar-refractivity contribution < 1.29 is 8.42 Å². The molecule has 112 valence electrons. The molecule has 2 N–H and O–H groups in total. The van der Waals surface area contributed by atoms with Crippen molar-refractivity contribution in [1.29, 1.82) is 0 Å². The number of hydrogen-bond acceptors (Lipinski definition) is 5. The van der Waals surface area contributed by atoms with Crippen molar-refractivity contribution in [1.82, 2.24) is 4.98 Å². The molecule has 0 fully saturated rings. The Morgan fingerprint density at radius 3 is 2.86 bits per heavy atom. The normalized spacial score (nSPS) is 18.0. The lowest BCUT2D eigenvalue weighted by Crippen LogP contribution is -2.29. The van der Waals surface area contributed by atoms with E-state index in [-0.39, 0.29) is 5.92 Å². The summed E-state index contributed by atoms with van der Waals surface area (Å²) in [6.45, 7) is 2.81. The maximum atomic E-state index is 12.8. The monoisotopic (exact) mass is 323 g/mol. The quantitative estimate of drug-likeness (QED) is 0.935. The van der Waals surface area contributed by atoms with Crippen molar-refractivity contribution in [2.75, 3.05) is 17.4 Å². The largest absolute Gasteiger partial charge is 0.330 e. The predicted molar refractivity (Wildman–Crippen MR) is 84.2 cm³/mol. The minimum Gasteiger partial charge on any atom is -0.330 e. The number of rotatable bonds is 4. The lowest BCUT2D eigenvalue weighted by atomic mass is 9.98. The molecule has 2 heterocycles. The van der Waals surface area contributed by atoms with E-state index in [0.717, 1.165) is 22.7 Å².